The number of primary amides is 1. The molecule has 1 saturated carbocycles. The molecule has 1 aliphatic carbocycles. The van der Waals surface area contributed by atoms with Crippen LogP contribution in [0.3, 0.4) is 0 Å². The van der Waals surface area contributed by atoms with Crippen molar-refractivity contribution in [3.8, 4) is 5.69 Å². The van der Waals surface area contributed by atoms with Crippen LogP contribution in [0.1, 0.15) is 44.3 Å². The Labute approximate surface area is 184 Å². The third-order valence-electron chi connectivity index (χ3n) is 5.53. The van der Waals surface area contributed by atoms with E-state index in [0.717, 1.165) is 37.2 Å². The van der Waals surface area contributed by atoms with Gasteiger partial charge in [-0.25, -0.2) is 0 Å². The van der Waals surface area contributed by atoms with Gasteiger partial charge in [-0.3, -0.25) is 19.0 Å². The van der Waals surface area contributed by atoms with E-state index in [1.807, 2.05) is 28.8 Å². The number of aromatic nitrogens is 3. The number of carbonyl (C=O) groups excluding carboxylic acids is 3. The zero-order valence-electron chi connectivity index (χ0n) is 17.4. The molecule has 2 aromatic rings. The van der Waals surface area contributed by atoms with Gasteiger partial charge in [0.15, 0.2) is 5.16 Å². The van der Waals surface area contributed by atoms with Crippen molar-refractivity contribution in [1.29, 1.82) is 0 Å². The molecular formula is C21H26N6O3S. The van der Waals surface area contributed by atoms with Crippen molar-refractivity contribution in [1.82, 2.24) is 19.7 Å². The van der Waals surface area contributed by atoms with Crippen LogP contribution in [0, 0.1) is 5.92 Å². The second-order valence-electron chi connectivity index (χ2n) is 8.05. The lowest BCUT2D eigenvalue weighted by molar-refractivity contribution is -0.132. The molecule has 1 saturated heterocycles. The first-order valence-corrected chi connectivity index (χ1v) is 11.4. The molecule has 9 nitrogen and oxygen atoms in total. The highest BCUT2D eigenvalue weighted by atomic mass is 32.2. The molecule has 31 heavy (non-hydrogen) atoms. The Morgan fingerprint density at radius 2 is 2.03 bits per heavy atom. The summed E-state index contributed by atoms with van der Waals surface area (Å²) in [6.45, 7) is 2.49. The Morgan fingerprint density at radius 1 is 1.23 bits per heavy atom. The fraction of sp³-hybridized carbons (Fsp3) is 0.476. The molecule has 4 rings (SSSR count). The minimum Gasteiger partial charge on any atom is -0.369 e. The minimum absolute atomic E-state index is 0.0366. The smallest absolute Gasteiger partial charge is 0.233 e. The van der Waals surface area contributed by atoms with Gasteiger partial charge in [0.05, 0.1) is 17.4 Å². The first kappa shape index (κ1) is 21.4. The number of amides is 3. The second kappa shape index (κ2) is 9.09. The van der Waals surface area contributed by atoms with Crippen LogP contribution in [-0.4, -0.2) is 56.2 Å². The molecule has 3 amide bonds. The number of hydrogen-bond donors (Lipinski definition) is 2. The van der Waals surface area contributed by atoms with E-state index in [2.05, 4.69) is 15.5 Å². The van der Waals surface area contributed by atoms with E-state index in [1.165, 1.54) is 18.7 Å². The summed E-state index contributed by atoms with van der Waals surface area (Å²) < 4.78 is 1.98. The maximum atomic E-state index is 12.8. The van der Waals surface area contributed by atoms with Crippen LogP contribution >= 0.6 is 11.8 Å². The number of benzene rings is 1. The van der Waals surface area contributed by atoms with Gasteiger partial charge < -0.3 is 16.0 Å². The van der Waals surface area contributed by atoms with Crippen LogP contribution < -0.4 is 11.1 Å². The average Bonchev–Trinajstić information content (AvgIpc) is 3.51. The third kappa shape index (κ3) is 5.07. The van der Waals surface area contributed by atoms with Gasteiger partial charge in [0.25, 0.3) is 0 Å². The van der Waals surface area contributed by atoms with Crippen LogP contribution in [0.5, 0.6) is 0 Å². The Morgan fingerprint density at radius 3 is 2.74 bits per heavy atom. The molecule has 1 aliphatic heterocycles. The standard InChI is InChI=1S/C21H26N6O3S/c1-13(28)23-16-5-2-6-17(10-16)27-20(14-7-8-14)24-25-21(27)31-12-18(29)26-9-3-4-15(11-26)19(22)30/h2,5-6,10,14-15H,3-4,7-9,11-12H2,1H3,(H2,22,30)(H,23,28). The number of hydrogen-bond acceptors (Lipinski definition) is 6. The molecule has 0 radical (unpaired) electrons. The van der Waals surface area contributed by atoms with Gasteiger partial charge in [0, 0.05) is 31.6 Å². The van der Waals surface area contributed by atoms with E-state index in [-0.39, 0.29) is 29.4 Å². The number of nitrogens with zero attached hydrogens (tertiary/aromatic N) is 4. The molecule has 10 heteroatoms. The van der Waals surface area contributed by atoms with Crippen molar-refractivity contribution in [2.45, 2.75) is 43.7 Å². The Bertz CT molecular complexity index is 1000. The number of nitrogens with one attached hydrogen (secondary N) is 1. The summed E-state index contributed by atoms with van der Waals surface area (Å²) in [5, 5.41) is 12.2. The van der Waals surface area contributed by atoms with Gasteiger partial charge >= 0.3 is 0 Å². The van der Waals surface area contributed by atoms with Crippen molar-refractivity contribution in [3.05, 3.63) is 30.1 Å². The number of anilines is 1. The highest BCUT2D eigenvalue weighted by molar-refractivity contribution is 7.99. The Balaban J connectivity index is 1.51. The fourth-order valence-corrected chi connectivity index (χ4v) is 4.66. The lowest BCUT2D eigenvalue weighted by Gasteiger charge is -2.31. The molecule has 164 valence electrons. The Kier molecular flexibility index (Phi) is 6.26. The van der Waals surface area contributed by atoms with Crippen molar-refractivity contribution >= 4 is 35.2 Å². The average molecular weight is 443 g/mol. The summed E-state index contributed by atoms with van der Waals surface area (Å²) in [6, 6.07) is 7.52. The fourth-order valence-electron chi connectivity index (χ4n) is 3.80. The SMILES string of the molecule is CC(=O)Nc1cccc(-n2c(SCC(=O)N3CCCC(C(N)=O)C3)nnc2C2CC2)c1. The van der Waals surface area contributed by atoms with Gasteiger partial charge in [-0.2, -0.15) is 0 Å². The van der Waals surface area contributed by atoms with E-state index < -0.39 is 0 Å². The number of carbonyl (C=O) groups is 3. The van der Waals surface area contributed by atoms with Crippen LogP contribution in [-0.2, 0) is 14.4 Å². The lowest BCUT2D eigenvalue weighted by atomic mass is 9.97. The Hall–Kier alpha value is -2.88. The van der Waals surface area contributed by atoms with Gasteiger partial charge in [-0.1, -0.05) is 17.8 Å². The van der Waals surface area contributed by atoms with E-state index >= 15 is 0 Å². The summed E-state index contributed by atoms with van der Waals surface area (Å²) in [7, 11) is 0. The summed E-state index contributed by atoms with van der Waals surface area (Å²) in [5.41, 5.74) is 6.97. The van der Waals surface area contributed by atoms with Crippen molar-refractivity contribution < 1.29 is 14.4 Å². The molecule has 3 N–H and O–H groups in total. The van der Waals surface area contributed by atoms with Gasteiger partial charge in [0.1, 0.15) is 5.82 Å². The maximum Gasteiger partial charge on any atom is 0.233 e. The normalized spacial score (nSPS) is 18.6. The number of nitrogens with two attached hydrogens (primary N) is 1. The van der Waals surface area contributed by atoms with Gasteiger partial charge in [-0.05, 0) is 43.9 Å². The first-order chi connectivity index (χ1) is 14.9. The first-order valence-electron chi connectivity index (χ1n) is 10.5. The molecule has 2 heterocycles. The molecule has 0 spiro atoms. The largest absolute Gasteiger partial charge is 0.369 e. The lowest BCUT2D eigenvalue weighted by Crippen LogP contribution is -2.44. The highest BCUT2D eigenvalue weighted by Crippen LogP contribution is 2.41. The predicted molar refractivity (Wildman–Crippen MR) is 117 cm³/mol. The molecule has 1 aromatic heterocycles. The highest BCUT2D eigenvalue weighted by Gasteiger charge is 2.32. The summed E-state index contributed by atoms with van der Waals surface area (Å²) in [4.78, 5) is 37.4. The molecule has 1 unspecified atom stereocenters. The third-order valence-corrected chi connectivity index (χ3v) is 6.44. The number of thioether (sulfide) groups is 1. The van der Waals surface area contributed by atoms with Crippen molar-refractivity contribution in [2.75, 3.05) is 24.2 Å². The zero-order chi connectivity index (χ0) is 22.0. The molecule has 1 aromatic carbocycles. The molecule has 2 fully saturated rings. The van der Waals surface area contributed by atoms with E-state index in [1.54, 1.807) is 4.90 Å². The molecule has 2 aliphatic rings. The quantitative estimate of drug-likeness (QED) is 0.632. The van der Waals surface area contributed by atoms with Crippen LogP contribution in [0.2, 0.25) is 0 Å². The molecule has 0 bridgehead atoms. The number of piperidine rings is 1. The van der Waals surface area contributed by atoms with Crippen LogP contribution in [0.15, 0.2) is 29.4 Å². The topological polar surface area (TPSA) is 123 Å². The number of likely N-dealkylation sites (tertiary alicyclic amines) is 1. The molecular weight excluding hydrogens is 416 g/mol. The zero-order valence-corrected chi connectivity index (χ0v) is 18.2. The maximum absolute atomic E-state index is 12.8. The second-order valence-corrected chi connectivity index (χ2v) is 8.99. The van der Waals surface area contributed by atoms with Crippen LogP contribution in [0.4, 0.5) is 5.69 Å². The molecule has 1 atom stereocenters. The summed E-state index contributed by atoms with van der Waals surface area (Å²) in [6.07, 6.45) is 3.64. The van der Waals surface area contributed by atoms with E-state index in [0.29, 0.717) is 29.9 Å². The van der Waals surface area contributed by atoms with Crippen LogP contribution in [0.25, 0.3) is 5.69 Å². The summed E-state index contributed by atoms with van der Waals surface area (Å²) in [5.74, 6) is 0.647. The van der Waals surface area contributed by atoms with Gasteiger partial charge in [-0.15, -0.1) is 10.2 Å². The minimum atomic E-state index is -0.349. The monoisotopic (exact) mass is 442 g/mol. The summed E-state index contributed by atoms with van der Waals surface area (Å²) >= 11 is 1.33. The van der Waals surface area contributed by atoms with E-state index in [4.69, 9.17) is 5.73 Å². The van der Waals surface area contributed by atoms with Gasteiger partial charge in [0.2, 0.25) is 17.7 Å². The van der Waals surface area contributed by atoms with Crippen molar-refractivity contribution in [3.63, 3.8) is 0 Å². The predicted octanol–water partition coefficient (Wildman–Crippen LogP) is 1.92. The number of rotatable bonds is 7. The van der Waals surface area contributed by atoms with Crippen molar-refractivity contribution in [2.24, 2.45) is 11.7 Å². The van der Waals surface area contributed by atoms with E-state index in [9.17, 15) is 14.4 Å².